The largest absolute Gasteiger partial charge is 0.434 e. The quantitative estimate of drug-likeness (QED) is 0.905. The van der Waals surface area contributed by atoms with E-state index in [0.717, 1.165) is 0 Å². The predicted molar refractivity (Wildman–Crippen MR) is 79.3 cm³/mol. The molecule has 0 aromatic carbocycles. The number of nitrogens with zero attached hydrogens (tertiary/aromatic N) is 2. The van der Waals surface area contributed by atoms with Crippen LogP contribution in [0.5, 0.6) is 0 Å². The first kappa shape index (κ1) is 14.6. The number of amides is 1. The Morgan fingerprint density at radius 3 is 2.67 bits per heavy atom. The van der Waals surface area contributed by atoms with Gasteiger partial charge < -0.3 is 9.32 Å². The van der Waals surface area contributed by atoms with Gasteiger partial charge in [0.2, 0.25) is 5.89 Å². The Hall–Kier alpha value is -1.31. The Labute approximate surface area is 133 Å². The highest BCUT2D eigenvalue weighted by Gasteiger charge is 2.28. The minimum atomic E-state index is -0.553. The fraction of sp³-hybridized carbons (Fsp3) is 0.417. The zero-order valence-electron chi connectivity index (χ0n) is 10.8. The summed E-state index contributed by atoms with van der Waals surface area (Å²) in [5.41, 5.74) is 0.441. The van der Waals surface area contributed by atoms with Gasteiger partial charge in [0.25, 0.3) is 5.91 Å². The molecular weight excluding hydrogens is 337 g/mol. The van der Waals surface area contributed by atoms with E-state index in [9.17, 15) is 9.59 Å². The van der Waals surface area contributed by atoms with E-state index in [0.29, 0.717) is 46.1 Å². The maximum absolute atomic E-state index is 12.4. The molecule has 0 saturated carbocycles. The summed E-state index contributed by atoms with van der Waals surface area (Å²) in [5.74, 6) is -0.216. The van der Waals surface area contributed by atoms with Gasteiger partial charge in [0, 0.05) is 19.0 Å². The minimum Gasteiger partial charge on any atom is -0.392 e. The summed E-state index contributed by atoms with van der Waals surface area (Å²) in [5, 5.41) is 6.09. The number of piperidine rings is 1. The van der Waals surface area contributed by atoms with Gasteiger partial charge in [-0.1, -0.05) is 23.2 Å². The molecule has 1 amide bonds. The molecule has 9 heteroatoms. The lowest BCUT2D eigenvalue weighted by molar-refractivity contribution is 0.0706. The lowest BCUT2D eigenvalue weighted by atomic mass is 9.96. The van der Waals surface area contributed by atoms with Crippen LogP contribution in [-0.2, 0) is 0 Å². The number of carbonyl (C=O) groups excluding carboxylic acids is 1. The second-order valence-corrected chi connectivity index (χ2v) is 7.04. The Morgan fingerprint density at radius 2 is 2.14 bits per heavy atom. The summed E-state index contributed by atoms with van der Waals surface area (Å²) < 4.78 is 5.87. The molecule has 112 valence electrons. The first-order valence-corrected chi connectivity index (χ1v) is 7.91. The third kappa shape index (κ3) is 3.00. The summed E-state index contributed by atoms with van der Waals surface area (Å²) in [6.07, 6.45) is 1.38. The monoisotopic (exact) mass is 347 g/mol. The van der Waals surface area contributed by atoms with E-state index in [-0.39, 0.29) is 11.8 Å². The average molecular weight is 348 g/mol. The molecule has 1 saturated heterocycles. The number of halogens is 2. The van der Waals surface area contributed by atoms with E-state index in [2.05, 4.69) is 10.2 Å². The predicted octanol–water partition coefficient (Wildman–Crippen LogP) is 2.75. The summed E-state index contributed by atoms with van der Waals surface area (Å²) >= 11 is 13.1. The Bertz CT molecular complexity index is 715. The second kappa shape index (κ2) is 5.82. The van der Waals surface area contributed by atoms with Crippen LogP contribution in [0.1, 0.15) is 35.0 Å². The lowest BCUT2D eigenvalue weighted by Gasteiger charge is -2.30. The first-order valence-electron chi connectivity index (χ1n) is 6.34. The topological polar surface area (TPSA) is 79.2 Å². The van der Waals surface area contributed by atoms with E-state index in [1.165, 1.54) is 11.3 Å². The summed E-state index contributed by atoms with van der Waals surface area (Å²) in [6, 6.07) is 1.59. The van der Waals surface area contributed by atoms with Crippen molar-refractivity contribution in [3.05, 3.63) is 36.7 Å². The van der Waals surface area contributed by atoms with Crippen LogP contribution in [-0.4, -0.2) is 34.1 Å². The SMILES string of the molecule is O=C(c1cc(Cl)sc1Cl)N1CCC(c2n[nH]c(=O)o2)CC1. The molecule has 0 radical (unpaired) electrons. The molecule has 0 aliphatic carbocycles. The number of hydrogen-bond donors (Lipinski definition) is 1. The molecule has 1 fully saturated rings. The van der Waals surface area contributed by atoms with E-state index >= 15 is 0 Å². The third-order valence-corrected chi connectivity index (χ3v) is 4.96. The first-order chi connectivity index (χ1) is 10.0. The number of H-pyrrole nitrogens is 1. The summed E-state index contributed by atoms with van der Waals surface area (Å²) in [4.78, 5) is 25.1. The number of thiophene rings is 1. The molecule has 21 heavy (non-hydrogen) atoms. The molecule has 3 heterocycles. The number of aromatic amines is 1. The fourth-order valence-corrected chi connectivity index (χ4v) is 3.85. The van der Waals surface area contributed by atoms with Crippen molar-refractivity contribution in [3.63, 3.8) is 0 Å². The van der Waals surface area contributed by atoms with Crippen LogP contribution in [0.3, 0.4) is 0 Å². The Balaban J connectivity index is 1.67. The van der Waals surface area contributed by atoms with Gasteiger partial charge in [-0.15, -0.1) is 16.4 Å². The van der Waals surface area contributed by atoms with E-state index in [4.69, 9.17) is 27.6 Å². The van der Waals surface area contributed by atoms with Crippen molar-refractivity contribution in [2.75, 3.05) is 13.1 Å². The van der Waals surface area contributed by atoms with Crippen molar-refractivity contribution in [2.45, 2.75) is 18.8 Å². The average Bonchev–Trinajstić information content (AvgIpc) is 3.04. The van der Waals surface area contributed by atoms with Gasteiger partial charge in [0.1, 0.15) is 4.34 Å². The number of hydrogen-bond acceptors (Lipinski definition) is 5. The Kier molecular flexibility index (Phi) is 4.05. The van der Waals surface area contributed by atoms with Gasteiger partial charge in [0.15, 0.2) is 0 Å². The zero-order valence-corrected chi connectivity index (χ0v) is 13.1. The number of likely N-dealkylation sites (tertiary alicyclic amines) is 1. The highest BCUT2D eigenvalue weighted by Crippen LogP contribution is 2.33. The van der Waals surface area contributed by atoms with Crippen LogP contribution in [0.2, 0.25) is 8.67 Å². The fourth-order valence-electron chi connectivity index (χ4n) is 2.40. The van der Waals surface area contributed by atoms with Gasteiger partial charge >= 0.3 is 5.76 Å². The molecule has 0 unspecified atom stereocenters. The maximum atomic E-state index is 12.4. The van der Waals surface area contributed by atoms with Gasteiger partial charge in [-0.2, -0.15) is 0 Å². The van der Waals surface area contributed by atoms with Crippen LogP contribution in [0.4, 0.5) is 0 Å². The smallest absolute Gasteiger partial charge is 0.392 e. The van der Waals surface area contributed by atoms with Crippen molar-refractivity contribution in [3.8, 4) is 0 Å². The van der Waals surface area contributed by atoms with Crippen LogP contribution < -0.4 is 5.76 Å². The van der Waals surface area contributed by atoms with Gasteiger partial charge in [-0.25, -0.2) is 9.89 Å². The van der Waals surface area contributed by atoms with Crippen LogP contribution in [0, 0.1) is 0 Å². The van der Waals surface area contributed by atoms with E-state index < -0.39 is 5.76 Å². The highest BCUT2D eigenvalue weighted by molar-refractivity contribution is 7.20. The van der Waals surface area contributed by atoms with Gasteiger partial charge in [-0.05, 0) is 18.9 Å². The van der Waals surface area contributed by atoms with Crippen molar-refractivity contribution in [1.82, 2.24) is 15.1 Å². The molecule has 0 spiro atoms. The number of carbonyl (C=O) groups is 1. The standard InChI is InChI=1S/C12H11Cl2N3O3S/c13-8-5-7(9(14)21-8)11(18)17-3-1-6(2-4-17)10-15-16-12(19)20-10/h5-6H,1-4H2,(H,16,19). The van der Waals surface area contributed by atoms with Crippen LogP contribution >= 0.6 is 34.5 Å². The van der Waals surface area contributed by atoms with E-state index in [1.807, 2.05) is 0 Å². The molecule has 2 aromatic heterocycles. The molecule has 6 nitrogen and oxygen atoms in total. The van der Waals surface area contributed by atoms with Crippen LogP contribution in [0.25, 0.3) is 0 Å². The molecule has 1 aliphatic heterocycles. The highest BCUT2D eigenvalue weighted by atomic mass is 35.5. The van der Waals surface area contributed by atoms with Gasteiger partial charge in [0.05, 0.1) is 9.90 Å². The Morgan fingerprint density at radius 1 is 1.43 bits per heavy atom. The van der Waals surface area contributed by atoms with Crippen molar-refractivity contribution < 1.29 is 9.21 Å². The molecular formula is C12H11Cl2N3O3S. The van der Waals surface area contributed by atoms with Crippen molar-refractivity contribution in [2.24, 2.45) is 0 Å². The summed E-state index contributed by atoms with van der Waals surface area (Å²) in [7, 11) is 0. The zero-order chi connectivity index (χ0) is 15.0. The van der Waals surface area contributed by atoms with E-state index in [1.54, 1.807) is 11.0 Å². The third-order valence-electron chi connectivity index (χ3n) is 3.47. The van der Waals surface area contributed by atoms with Gasteiger partial charge in [-0.3, -0.25) is 4.79 Å². The molecule has 1 N–H and O–H groups in total. The van der Waals surface area contributed by atoms with Crippen molar-refractivity contribution in [1.29, 1.82) is 0 Å². The molecule has 3 rings (SSSR count). The number of nitrogens with one attached hydrogen (secondary N) is 1. The lowest BCUT2D eigenvalue weighted by Crippen LogP contribution is -2.37. The molecule has 1 aliphatic rings. The molecule has 0 bridgehead atoms. The number of rotatable bonds is 2. The second-order valence-electron chi connectivity index (χ2n) is 4.76. The van der Waals surface area contributed by atoms with Crippen LogP contribution in [0.15, 0.2) is 15.3 Å². The summed E-state index contributed by atoms with van der Waals surface area (Å²) in [6.45, 7) is 1.12. The maximum Gasteiger partial charge on any atom is 0.434 e. The number of aromatic nitrogens is 2. The molecule has 2 aromatic rings. The minimum absolute atomic E-state index is 0.0505. The van der Waals surface area contributed by atoms with Crippen molar-refractivity contribution >= 4 is 40.4 Å². The molecule has 0 atom stereocenters. The normalized spacial score (nSPS) is 16.4.